The van der Waals surface area contributed by atoms with E-state index in [0.717, 1.165) is 0 Å². The van der Waals surface area contributed by atoms with Gasteiger partial charge in [0.1, 0.15) is 5.60 Å². The molecular weight excluding hydrogens is 250 g/mol. The zero-order chi connectivity index (χ0) is 13.8. The van der Waals surface area contributed by atoms with Crippen molar-refractivity contribution in [1.29, 1.82) is 0 Å². The maximum absolute atomic E-state index is 11.6. The summed E-state index contributed by atoms with van der Waals surface area (Å²) in [6.07, 6.45) is -0.528. The largest absolute Gasteiger partial charge is 0.444 e. The molecule has 1 rings (SSSR count). The minimum Gasteiger partial charge on any atom is -0.444 e. The van der Waals surface area contributed by atoms with Gasteiger partial charge in [0, 0.05) is 0 Å². The summed E-state index contributed by atoms with van der Waals surface area (Å²) >= 11 is 4.76. The molecule has 0 aromatic heterocycles. The molecular formula is C12H17N3O2S. The lowest BCUT2D eigenvalue weighted by atomic mass is 10.2. The number of amides is 1. The molecule has 1 aromatic carbocycles. The number of benzene rings is 1. The fourth-order valence-corrected chi connectivity index (χ4v) is 1.36. The third-order valence-corrected chi connectivity index (χ3v) is 1.92. The van der Waals surface area contributed by atoms with E-state index < -0.39 is 11.7 Å². The Morgan fingerprint density at radius 2 is 1.72 bits per heavy atom. The van der Waals surface area contributed by atoms with E-state index in [0.29, 0.717) is 11.4 Å². The van der Waals surface area contributed by atoms with E-state index in [9.17, 15) is 4.79 Å². The first-order valence-corrected chi connectivity index (χ1v) is 5.84. The van der Waals surface area contributed by atoms with E-state index in [-0.39, 0.29) is 5.11 Å². The van der Waals surface area contributed by atoms with Crippen molar-refractivity contribution >= 4 is 34.8 Å². The second-order valence-corrected chi connectivity index (χ2v) is 5.10. The first-order valence-electron chi connectivity index (χ1n) is 5.43. The molecule has 0 saturated heterocycles. The van der Waals surface area contributed by atoms with Gasteiger partial charge in [0.05, 0.1) is 11.4 Å². The highest BCUT2D eigenvalue weighted by molar-refractivity contribution is 7.80. The molecule has 0 aliphatic heterocycles. The number of hydrogen-bond acceptors (Lipinski definition) is 3. The molecule has 4 N–H and O–H groups in total. The summed E-state index contributed by atoms with van der Waals surface area (Å²) in [7, 11) is 0. The van der Waals surface area contributed by atoms with Crippen molar-refractivity contribution in [3.8, 4) is 0 Å². The van der Waals surface area contributed by atoms with Crippen LogP contribution in [0.25, 0.3) is 0 Å². The van der Waals surface area contributed by atoms with Crippen LogP contribution in [0.5, 0.6) is 0 Å². The van der Waals surface area contributed by atoms with E-state index in [2.05, 4.69) is 10.6 Å². The van der Waals surface area contributed by atoms with Gasteiger partial charge in [0.25, 0.3) is 0 Å². The van der Waals surface area contributed by atoms with Crippen molar-refractivity contribution in [1.82, 2.24) is 0 Å². The van der Waals surface area contributed by atoms with Crippen LogP contribution in [0.15, 0.2) is 24.3 Å². The van der Waals surface area contributed by atoms with Gasteiger partial charge in [-0.3, -0.25) is 5.32 Å². The summed E-state index contributed by atoms with van der Waals surface area (Å²) in [6.45, 7) is 5.39. The van der Waals surface area contributed by atoms with Crippen LogP contribution >= 0.6 is 12.2 Å². The smallest absolute Gasteiger partial charge is 0.412 e. The lowest BCUT2D eigenvalue weighted by Gasteiger charge is -2.20. The Morgan fingerprint density at radius 3 is 2.17 bits per heavy atom. The Balaban J connectivity index is 2.78. The molecule has 0 saturated carbocycles. The Labute approximate surface area is 112 Å². The van der Waals surface area contributed by atoms with Gasteiger partial charge in [-0.15, -0.1) is 0 Å². The van der Waals surface area contributed by atoms with Gasteiger partial charge >= 0.3 is 6.09 Å². The molecule has 0 spiro atoms. The van der Waals surface area contributed by atoms with Crippen molar-refractivity contribution in [2.45, 2.75) is 26.4 Å². The van der Waals surface area contributed by atoms with Gasteiger partial charge < -0.3 is 15.8 Å². The number of anilines is 2. The lowest BCUT2D eigenvalue weighted by Crippen LogP contribution is -2.28. The minimum absolute atomic E-state index is 0.133. The van der Waals surface area contributed by atoms with E-state index >= 15 is 0 Å². The van der Waals surface area contributed by atoms with Crippen molar-refractivity contribution < 1.29 is 9.53 Å². The molecule has 0 atom stereocenters. The van der Waals surface area contributed by atoms with Crippen molar-refractivity contribution in [3.05, 3.63) is 24.3 Å². The Kier molecular flexibility index (Phi) is 4.49. The summed E-state index contributed by atoms with van der Waals surface area (Å²) in [4.78, 5) is 11.6. The molecule has 0 radical (unpaired) electrons. The van der Waals surface area contributed by atoms with Gasteiger partial charge in [0.2, 0.25) is 0 Å². The van der Waals surface area contributed by atoms with Gasteiger partial charge in [-0.1, -0.05) is 12.1 Å². The topological polar surface area (TPSA) is 76.4 Å². The Hall–Kier alpha value is -1.82. The first-order chi connectivity index (χ1) is 8.28. The molecule has 0 fully saturated rings. The molecule has 0 heterocycles. The van der Waals surface area contributed by atoms with Crippen LogP contribution in [0.2, 0.25) is 0 Å². The van der Waals surface area contributed by atoms with Crippen LogP contribution in [-0.4, -0.2) is 16.8 Å². The number of ether oxygens (including phenoxy) is 1. The maximum Gasteiger partial charge on any atom is 0.412 e. The molecule has 0 bridgehead atoms. The molecule has 98 valence electrons. The van der Waals surface area contributed by atoms with Crippen LogP contribution in [0, 0.1) is 0 Å². The second kappa shape index (κ2) is 5.68. The average molecular weight is 267 g/mol. The number of para-hydroxylation sites is 2. The SMILES string of the molecule is CC(C)(C)OC(=O)Nc1ccccc1NC(N)=S. The minimum atomic E-state index is -0.546. The fourth-order valence-electron chi connectivity index (χ4n) is 1.25. The first kappa shape index (κ1) is 14.2. The van der Waals surface area contributed by atoms with E-state index in [1.54, 1.807) is 45.0 Å². The monoisotopic (exact) mass is 267 g/mol. The van der Waals surface area contributed by atoms with Crippen molar-refractivity contribution in [2.75, 3.05) is 10.6 Å². The van der Waals surface area contributed by atoms with Crippen LogP contribution in [0.1, 0.15) is 20.8 Å². The lowest BCUT2D eigenvalue weighted by molar-refractivity contribution is 0.0636. The predicted molar refractivity (Wildman–Crippen MR) is 76.7 cm³/mol. The number of nitrogens with two attached hydrogens (primary N) is 1. The normalized spacial score (nSPS) is 10.6. The highest BCUT2D eigenvalue weighted by atomic mass is 32.1. The van der Waals surface area contributed by atoms with E-state index in [1.165, 1.54) is 0 Å². The van der Waals surface area contributed by atoms with E-state index in [1.807, 2.05) is 0 Å². The van der Waals surface area contributed by atoms with Gasteiger partial charge in [-0.05, 0) is 45.1 Å². The number of carbonyl (C=O) groups excluding carboxylic acids is 1. The van der Waals surface area contributed by atoms with Crippen molar-refractivity contribution in [3.63, 3.8) is 0 Å². The summed E-state index contributed by atoms with van der Waals surface area (Å²) in [5, 5.41) is 5.55. The molecule has 6 heteroatoms. The van der Waals surface area contributed by atoms with Gasteiger partial charge in [-0.25, -0.2) is 4.79 Å². The molecule has 1 aromatic rings. The number of nitrogens with one attached hydrogen (secondary N) is 2. The zero-order valence-corrected chi connectivity index (χ0v) is 11.4. The average Bonchev–Trinajstić information content (AvgIpc) is 2.17. The fraction of sp³-hybridized carbons (Fsp3) is 0.333. The molecule has 5 nitrogen and oxygen atoms in total. The van der Waals surface area contributed by atoms with E-state index in [4.69, 9.17) is 22.7 Å². The van der Waals surface area contributed by atoms with Crippen LogP contribution in [0.4, 0.5) is 16.2 Å². The highest BCUT2D eigenvalue weighted by Crippen LogP contribution is 2.21. The third-order valence-electron chi connectivity index (χ3n) is 1.82. The zero-order valence-electron chi connectivity index (χ0n) is 10.6. The number of rotatable bonds is 2. The summed E-state index contributed by atoms with van der Waals surface area (Å²) in [6, 6.07) is 7.08. The standard InChI is InChI=1S/C12H17N3O2S/c1-12(2,3)17-11(16)15-9-7-5-4-6-8(9)14-10(13)18/h4-7H,1-3H3,(H,15,16)(H3,13,14,18). The molecule has 0 aliphatic carbocycles. The molecule has 0 unspecified atom stereocenters. The van der Waals surface area contributed by atoms with Crippen molar-refractivity contribution in [2.24, 2.45) is 5.73 Å². The van der Waals surface area contributed by atoms with Crippen LogP contribution in [0.3, 0.4) is 0 Å². The van der Waals surface area contributed by atoms with Crippen LogP contribution in [-0.2, 0) is 4.74 Å². The predicted octanol–water partition coefficient (Wildman–Crippen LogP) is 2.69. The van der Waals surface area contributed by atoms with Gasteiger partial charge in [-0.2, -0.15) is 0 Å². The number of carbonyl (C=O) groups is 1. The highest BCUT2D eigenvalue weighted by Gasteiger charge is 2.17. The Morgan fingerprint density at radius 1 is 1.22 bits per heavy atom. The summed E-state index contributed by atoms with van der Waals surface area (Å²) in [5.41, 5.74) is 6.03. The molecule has 1 amide bonds. The van der Waals surface area contributed by atoms with Crippen LogP contribution < -0.4 is 16.4 Å². The molecule has 0 aliphatic rings. The second-order valence-electron chi connectivity index (χ2n) is 4.66. The summed E-state index contributed by atoms with van der Waals surface area (Å²) < 4.78 is 5.16. The number of hydrogen-bond donors (Lipinski definition) is 3. The number of thiocarbonyl (C=S) groups is 1. The Bertz CT molecular complexity index is 455. The van der Waals surface area contributed by atoms with Gasteiger partial charge in [0.15, 0.2) is 5.11 Å². The maximum atomic E-state index is 11.6. The summed E-state index contributed by atoms with van der Waals surface area (Å²) in [5.74, 6) is 0. The quantitative estimate of drug-likeness (QED) is 0.718. The third kappa shape index (κ3) is 5.01. The molecule has 18 heavy (non-hydrogen) atoms.